The normalized spacial score (nSPS) is 18.6. The molecule has 1 unspecified atom stereocenters. The fourth-order valence-electron chi connectivity index (χ4n) is 2.77. The Kier molecular flexibility index (Phi) is 6.22. The van der Waals surface area contributed by atoms with Crippen LogP contribution >= 0.6 is 15.9 Å². The van der Waals surface area contributed by atoms with E-state index < -0.39 is 10.0 Å². The van der Waals surface area contributed by atoms with Gasteiger partial charge in [-0.05, 0) is 44.4 Å². The Morgan fingerprint density at radius 2 is 2.04 bits per heavy atom. The van der Waals surface area contributed by atoms with Crippen molar-refractivity contribution in [1.82, 2.24) is 9.62 Å². The van der Waals surface area contributed by atoms with Crippen LogP contribution in [0.4, 0.5) is 0 Å². The van der Waals surface area contributed by atoms with E-state index in [4.69, 9.17) is 0 Å². The van der Waals surface area contributed by atoms with Crippen molar-refractivity contribution in [2.45, 2.75) is 32.7 Å². The summed E-state index contributed by atoms with van der Waals surface area (Å²) in [5.41, 5.74) is 1.04. The van der Waals surface area contributed by atoms with Crippen LogP contribution in [0.2, 0.25) is 0 Å². The lowest BCUT2D eigenvalue weighted by Crippen LogP contribution is -2.43. The van der Waals surface area contributed by atoms with Gasteiger partial charge in [0.1, 0.15) is 0 Å². The number of hydrogen-bond acceptors (Lipinski definition) is 3. The first-order valence-corrected chi connectivity index (χ1v) is 10.3. The van der Waals surface area contributed by atoms with Crippen LogP contribution in [-0.2, 0) is 14.8 Å². The molecule has 1 amide bonds. The monoisotopic (exact) mass is 402 g/mol. The number of halogens is 1. The van der Waals surface area contributed by atoms with Gasteiger partial charge in [0.15, 0.2) is 0 Å². The van der Waals surface area contributed by atoms with Crippen LogP contribution in [-0.4, -0.2) is 37.5 Å². The Hall–Kier alpha value is -0.920. The molecule has 1 heterocycles. The minimum absolute atomic E-state index is 0.00558. The summed E-state index contributed by atoms with van der Waals surface area (Å²) in [4.78, 5) is 12.4. The number of benzene rings is 1. The molecule has 1 fully saturated rings. The summed E-state index contributed by atoms with van der Waals surface area (Å²) in [6, 6.07) is 7.78. The zero-order valence-electron chi connectivity index (χ0n) is 13.5. The van der Waals surface area contributed by atoms with Crippen molar-refractivity contribution in [3.8, 4) is 0 Å². The molecule has 0 radical (unpaired) electrons. The molecule has 7 heteroatoms. The van der Waals surface area contributed by atoms with Crippen LogP contribution in [0.3, 0.4) is 0 Å². The van der Waals surface area contributed by atoms with Crippen LogP contribution in [0, 0.1) is 5.92 Å². The molecule has 0 saturated carbocycles. The van der Waals surface area contributed by atoms with Crippen molar-refractivity contribution in [3.05, 3.63) is 34.3 Å². The van der Waals surface area contributed by atoms with E-state index in [9.17, 15) is 13.2 Å². The largest absolute Gasteiger partial charge is 0.349 e. The van der Waals surface area contributed by atoms with E-state index in [0.717, 1.165) is 10.0 Å². The molecule has 1 saturated heterocycles. The summed E-state index contributed by atoms with van der Waals surface area (Å²) in [5.74, 6) is 0.00276. The molecule has 23 heavy (non-hydrogen) atoms. The fourth-order valence-corrected chi connectivity index (χ4v) is 4.32. The smallest absolute Gasteiger partial charge is 0.223 e. The molecule has 0 aliphatic carbocycles. The number of carbonyl (C=O) groups is 1. The van der Waals surface area contributed by atoms with Crippen LogP contribution in [0.5, 0.6) is 0 Å². The van der Waals surface area contributed by atoms with Gasteiger partial charge in [-0.15, -0.1) is 0 Å². The highest BCUT2D eigenvalue weighted by Crippen LogP contribution is 2.22. The van der Waals surface area contributed by atoms with Crippen LogP contribution < -0.4 is 5.32 Å². The zero-order chi connectivity index (χ0) is 17.0. The number of carbonyl (C=O) groups excluding carboxylic acids is 1. The molecule has 1 aliphatic heterocycles. The second-order valence-corrected chi connectivity index (χ2v) is 9.03. The summed E-state index contributed by atoms with van der Waals surface area (Å²) in [5, 5.41) is 3.03. The van der Waals surface area contributed by atoms with Gasteiger partial charge in [-0.3, -0.25) is 4.79 Å². The molecule has 5 nitrogen and oxygen atoms in total. The van der Waals surface area contributed by atoms with E-state index >= 15 is 0 Å². The standard InChI is InChI=1S/C16H23BrN2O3S/c1-3-23(21,22)19-9-7-13(8-10-19)16(20)18-12(2)14-5-4-6-15(17)11-14/h4-6,11-13H,3,7-10H2,1-2H3,(H,18,20). The molecular formula is C16H23BrN2O3S. The van der Waals surface area contributed by atoms with E-state index in [1.165, 1.54) is 4.31 Å². The van der Waals surface area contributed by atoms with Gasteiger partial charge in [0.25, 0.3) is 0 Å². The van der Waals surface area contributed by atoms with Crippen molar-refractivity contribution in [2.75, 3.05) is 18.8 Å². The molecule has 0 spiro atoms. The quantitative estimate of drug-likeness (QED) is 0.822. The Labute approximate surface area is 146 Å². The molecule has 2 rings (SSSR count). The van der Waals surface area contributed by atoms with Gasteiger partial charge >= 0.3 is 0 Å². The Morgan fingerprint density at radius 3 is 2.61 bits per heavy atom. The van der Waals surface area contributed by atoms with Crippen LogP contribution in [0.25, 0.3) is 0 Å². The number of piperidine rings is 1. The van der Waals surface area contributed by atoms with Gasteiger partial charge in [-0.1, -0.05) is 28.1 Å². The minimum atomic E-state index is -3.14. The lowest BCUT2D eigenvalue weighted by atomic mass is 9.96. The number of sulfonamides is 1. The van der Waals surface area contributed by atoms with Crippen LogP contribution in [0.1, 0.15) is 38.3 Å². The summed E-state index contributed by atoms with van der Waals surface area (Å²) in [7, 11) is -3.14. The van der Waals surface area contributed by atoms with Crippen molar-refractivity contribution in [1.29, 1.82) is 0 Å². The molecule has 1 N–H and O–H groups in total. The molecular weight excluding hydrogens is 380 g/mol. The van der Waals surface area contributed by atoms with E-state index in [-0.39, 0.29) is 23.6 Å². The third-order valence-electron chi connectivity index (χ3n) is 4.29. The van der Waals surface area contributed by atoms with Gasteiger partial charge in [0.2, 0.25) is 15.9 Å². The average molecular weight is 403 g/mol. The number of hydrogen-bond donors (Lipinski definition) is 1. The first-order valence-electron chi connectivity index (χ1n) is 7.87. The SMILES string of the molecule is CCS(=O)(=O)N1CCC(C(=O)NC(C)c2cccc(Br)c2)CC1. The Balaban J connectivity index is 1.90. The predicted molar refractivity (Wildman–Crippen MR) is 94.5 cm³/mol. The second kappa shape index (κ2) is 7.77. The third kappa shape index (κ3) is 4.78. The lowest BCUT2D eigenvalue weighted by molar-refractivity contribution is -0.126. The van der Waals surface area contributed by atoms with E-state index in [2.05, 4.69) is 21.2 Å². The van der Waals surface area contributed by atoms with E-state index in [1.54, 1.807) is 6.92 Å². The summed E-state index contributed by atoms with van der Waals surface area (Å²) >= 11 is 3.43. The molecule has 1 aromatic carbocycles. The molecule has 128 valence electrons. The van der Waals surface area contributed by atoms with E-state index in [0.29, 0.717) is 25.9 Å². The number of amides is 1. The molecule has 0 bridgehead atoms. The highest BCUT2D eigenvalue weighted by Gasteiger charge is 2.30. The van der Waals surface area contributed by atoms with Crippen molar-refractivity contribution in [2.24, 2.45) is 5.92 Å². The molecule has 1 atom stereocenters. The molecule has 0 aromatic heterocycles. The maximum Gasteiger partial charge on any atom is 0.223 e. The summed E-state index contributed by atoms with van der Waals surface area (Å²) < 4.78 is 26.2. The molecule has 1 aromatic rings. The third-order valence-corrected chi connectivity index (χ3v) is 6.67. The van der Waals surface area contributed by atoms with Gasteiger partial charge in [0, 0.05) is 23.5 Å². The zero-order valence-corrected chi connectivity index (χ0v) is 15.9. The average Bonchev–Trinajstić information content (AvgIpc) is 2.55. The van der Waals surface area contributed by atoms with Crippen molar-refractivity contribution >= 4 is 31.9 Å². The van der Waals surface area contributed by atoms with Gasteiger partial charge in [-0.25, -0.2) is 12.7 Å². The van der Waals surface area contributed by atoms with Crippen molar-refractivity contribution in [3.63, 3.8) is 0 Å². The van der Waals surface area contributed by atoms with E-state index in [1.807, 2.05) is 31.2 Å². The first kappa shape index (κ1) is 18.4. The van der Waals surface area contributed by atoms with Gasteiger partial charge in [-0.2, -0.15) is 0 Å². The maximum atomic E-state index is 12.4. The second-order valence-electron chi connectivity index (χ2n) is 5.86. The predicted octanol–water partition coefficient (Wildman–Crippen LogP) is 2.69. The molecule has 1 aliphatic rings. The highest BCUT2D eigenvalue weighted by atomic mass is 79.9. The minimum Gasteiger partial charge on any atom is -0.349 e. The summed E-state index contributed by atoms with van der Waals surface area (Å²) in [6.45, 7) is 4.46. The highest BCUT2D eigenvalue weighted by molar-refractivity contribution is 9.10. The van der Waals surface area contributed by atoms with Crippen LogP contribution in [0.15, 0.2) is 28.7 Å². The van der Waals surface area contributed by atoms with Gasteiger partial charge < -0.3 is 5.32 Å². The lowest BCUT2D eigenvalue weighted by Gasteiger charge is -2.31. The summed E-state index contributed by atoms with van der Waals surface area (Å²) in [6.07, 6.45) is 1.16. The van der Waals surface area contributed by atoms with Gasteiger partial charge in [0.05, 0.1) is 11.8 Å². The Bertz CT molecular complexity index is 655. The topological polar surface area (TPSA) is 66.5 Å². The number of nitrogens with one attached hydrogen (secondary N) is 1. The maximum absolute atomic E-state index is 12.4. The first-order chi connectivity index (χ1) is 10.8. The number of rotatable bonds is 5. The van der Waals surface area contributed by atoms with Crippen molar-refractivity contribution < 1.29 is 13.2 Å². The Morgan fingerprint density at radius 1 is 1.39 bits per heavy atom. The fraction of sp³-hybridized carbons (Fsp3) is 0.562. The number of nitrogens with zero attached hydrogens (tertiary/aromatic N) is 1.